The average Bonchev–Trinajstić information content (AvgIpc) is 2.48. The first kappa shape index (κ1) is 14.4. The molecule has 1 aliphatic rings. The Morgan fingerprint density at radius 2 is 1.79 bits per heavy atom. The summed E-state index contributed by atoms with van der Waals surface area (Å²) in [6, 6.07) is 11.2. The summed E-state index contributed by atoms with van der Waals surface area (Å²) in [7, 11) is 0. The Labute approximate surface area is 117 Å². The van der Waals surface area contributed by atoms with Gasteiger partial charge in [-0.05, 0) is 25.5 Å². The normalized spacial score (nSPS) is 19.3. The van der Waals surface area contributed by atoms with Gasteiger partial charge in [0.15, 0.2) is 0 Å². The van der Waals surface area contributed by atoms with Crippen LogP contribution >= 0.6 is 0 Å². The number of nitrogens with zero attached hydrogens (tertiary/aromatic N) is 2. The predicted octanol–water partition coefficient (Wildman–Crippen LogP) is 2.51. The van der Waals surface area contributed by atoms with Crippen LogP contribution in [0.15, 0.2) is 30.3 Å². The minimum Gasteiger partial charge on any atom is -0.384 e. The van der Waals surface area contributed by atoms with Crippen molar-refractivity contribution in [3.63, 3.8) is 0 Å². The molecule has 1 unspecified atom stereocenters. The summed E-state index contributed by atoms with van der Waals surface area (Å²) in [4.78, 5) is 5.18. The molecule has 1 saturated heterocycles. The van der Waals surface area contributed by atoms with Gasteiger partial charge in [-0.2, -0.15) is 0 Å². The van der Waals surface area contributed by atoms with Gasteiger partial charge in [-0.25, -0.2) is 0 Å². The molecule has 0 spiro atoms. The standard InChI is InChI=1S/C16H27N3/c1-3-15(2)19-13-11-18(12-14-19)10-9-17-16-7-5-4-6-8-16/h4-8,15,17H,3,9-14H2,1-2H3. The maximum absolute atomic E-state index is 3.48. The fourth-order valence-corrected chi connectivity index (χ4v) is 2.60. The Bertz CT molecular complexity index is 344. The van der Waals surface area contributed by atoms with Crippen LogP contribution in [0.5, 0.6) is 0 Å². The van der Waals surface area contributed by atoms with Crippen molar-refractivity contribution >= 4 is 5.69 Å². The van der Waals surface area contributed by atoms with Gasteiger partial charge >= 0.3 is 0 Å². The Hall–Kier alpha value is -1.06. The van der Waals surface area contributed by atoms with Gasteiger partial charge in [-0.15, -0.1) is 0 Å². The van der Waals surface area contributed by atoms with Crippen LogP contribution in [0.4, 0.5) is 5.69 Å². The molecule has 1 aliphatic heterocycles. The Morgan fingerprint density at radius 3 is 2.42 bits per heavy atom. The summed E-state index contributed by atoms with van der Waals surface area (Å²) < 4.78 is 0. The number of anilines is 1. The van der Waals surface area contributed by atoms with Crippen LogP contribution in [0.25, 0.3) is 0 Å². The van der Waals surface area contributed by atoms with Gasteiger partial charge in [0.1, 0.15) is 0 Å². The summed E-state index contributed by atoms with van der Waals surface area (Å²) in [5.41, 5.74) is 1.22. The van der Waals surface area contributed by atoms with Gasteiger partial charge in [-0.3, -0.25) is 9.80 Å². The molecule has 0 saturated carbocycles. The molecular formula is C16H27N3. The average molecular weight is 261 g/mol. The zero-order valence-corrected chi connectivity index (χ0v) is 12.3. The summed E-state index contributed by atoms with van der Waals surface area (Å²) >= 11 is 0. The SMILES string of the molecule is CCC(C)N1CCN(CCNc2ccccc2)CC1. The first-order valence-electron chi connectivity index (χ1n) is 7.55. The number of piperazine rings is 1. The predicted molar refractivity (Wildman–Crippen MR) is 82.7 cm³/mol. The van der Waals surface area contributed by atoms with E-state index in [1.165, 1.54) is 38.3 Å². The number of hydrogen-bond donors (Lipinski definition) is 1. The molecule has 1 aromatic carbocycles. The summed E-state index contributed by atoms with van der Waals surface area (Å²) in [5, 5.41) is 3.48. The van der Waals surface area contributed by atoms with Crippen molar-refractivity contribution in [1.29, 1.82) is 0 Å². The highest BCUT2D eigenvalue weighted by Crippen LogP contribution is 2.09. The third-order valence-corrected chi connectivity index (χ3v) is 4.15. The largest absolute Gasteiger partial charge is 0.384 e. The van der Waals surface area contributed by atoms with Crippen LogP contribution in [0.1, 0.15) is 20.3 Å². The molecule has 106 valence electrons. The molecule has 2 rings (SSSR count). The molecule has 0 bridgehead atoms. The molecule has 3 heteroatoms. The lowest BCUT2D eigenvalue weighted by atomic mass is 10.2. The fraction of sp³-hybridized carbons (Fsp3) is 0.625. The number of benzene rings is 1. The van der Waals surface area contributed by atoms with Crippen LogP contribution in [-0.4, -0.2) is 55.1 Å². The van der Waals surface area contributed by atoms with Crippen molar-refractivity contribution in [3.8, 4) is 0 Å². The second-order valence-corrected chi connectivity index (χ2v) is 5.43. The van der Waals surface area contributed by atoms with Crippen LogP contribution in [0.2, 0.25) is 0 Å². The van der Waals surface area contributed by atoms with Crippen LogP contribution in [0.3, 0.4) is 0 Å². The Kier molecular flexibility index (Phi) is 5.67. The molecule has 1 aromatic rings. The van der Waals surface area contributed by atoms with Crippen molar-refractivity contribution in [3.05, 3.63) is 30.3 Å². The van der Waals surface area contributed by atoms with Crippen molar-refractivity contribution in [1.82, 2.24) is 9.80 Å². The zero-order valence-electron chi connectivity index (χ0n) is 12.3. The third kappa shape index (κ3) is 4.51. The summed E-state index contributed by atoms with van der Waals surface area (Å²) in [6.45, 7) is 11.7. The lowest BCUT2D eigenvalue weighted by molar-refractivity contribution is 0.103. The van der Waals surface area contributed by atoms with E-state index in [0.29, 0.717) is 0 Å². The molecule has 1 heterocycles. The molecular weight excluding hydrogens is 234 g/mol. The maximum atomic E-state index is 3.48. The van der Waals surface area contributed by atoms with Crippen molar-refractivity contribution in [2.24, 2.45) is 0 Å². The van der Waals surface area contributed by atoms with E-state index >= 15 is 0 Å². The van der Waals surface area contributed by atoms with E-state index in [4.69, 9.17) is 0 Å². The molecule has 0 amide bonds. The van der Waals surface area contributed by atoms with E-state index in [0.717, 1.165) is 19.1 Å². The van der Waals surface area contributed by atoms with Gasteiger partial charge in [0.25, 0.3) is 0 Å². The number of rotatable bonds is 6. The minimum atomic E-state index is 0.740. The van der Waals surface area contributed by atoms with Crippen LogP contribution < -0.4 is 5.32 Å². The first-order valence-corrected chi connectivity index (χ1v) is 7.55. The molecule has 0 radical (unpaired) electrons. The molecule has 3 nitrogen and oxygen atoms in total. The van der Waals surface area contributed by atoms with Crippen molar-refractivity contribution in [2.75, 3.05) is 44.6 Å². The third-order valence-electron chi connectivity index (χ3n) is 4.15. The van der Waals surface area contributed by atoms with E-state index in [1.807, 2.05) is 0 Å². The molecule has 1 N–H and O–H groups in total. The van der Waals surface area contributed by atoms with Gasteiger partial charge in [0.05, 0.1) is 0 Å². The molecule has 0 aromatic heterocycles. The van der Waals surface area contributed by atoms with Crippen LogP contribution in [-0.2, 0) is 0 Å². The van der Waals surface area contributed by atoms with Crippen molar-refractivity contribution < 1.29 is 0 Å². The molecule has 1 atom stereocenters. The number of para-hydroxylation sites is 1. The smallest absolute Gasteiger partial charge is 0.0340 e. The quantitative estimate of drug-likeness (QED) is 0.849. The second kappa shape index (κ2) is 7.51. The van der Waals surface area contributed by atoms with Gasteiger partial charge < -0.3 is 5.32 Å². The fourth-order valence-electron chi connectivity index (χ4n) is 2.60. The van der Waals surface area contributed by atoms with E-state index in [1.54, 1.807) is 0 Å². The van der Waals surface area contributed by atoms with Crippen LogP contribution in [0, 0.1) is 0 Å². The topological polar surface area (TPSA) is 18.5 Å². The van der Waals surface area contributed by atoms with E-state index < -0.39 is 0 Å². The molecule has 0 aliphatic carbocycles. The lowest BCUT2D eigenvalue weighted by Crippen LogP contribution is -2.50. The number of nitrogens with one attached hydrogen (secondary N) is 1. The van der Waals surface area contributed by atoms with E-state index in [-0.39, 0.29) is 0 Å². The monoisotopic (exact) mass is 261 g/mol. The zero-order chi connectivity index (χ0) is 13.5. The second-order valence-electron chi connectivity index (χ2n) is 5.43. The summed E-state index contributed by atoms with van der Waals surface area (Å²) in [6.07, 6.45) is 1.26. The highest BCUT2D eigenvalue weighted by atomic mass is 15.3. The summed E-state index contributed by atoms with van der Waals surface area (Å²) in [5.74, 6) is 0. The van der Waals surface area contributed by atoms with Crippen molar-refractivity contribution in [2.45, 2.75) is 26.3 Å². The highest BCUT2D eigenvalue weighted by molar-refractivity contribution is 5.42. The molecule has 19 heavy (non-hydrogen) atoms. The van der Waals surface area contributed by atoms with Gasteiger partial charge in [0, 0.05) is 51.0 Å². The molecule has 1 fully saturated rings. The van der Waals surface area contributed by atoms with Gasteiger partial charge in [-0.1, -0.05) is 25.1 Å². The van der Waals surface area contributed by atoms with Gasteiger partial charge in [0.2, 0.25) is 0 Å². The lowest BCUT2D eigenvalue weighted by Gasteiger charge is -2.37. The first-order chi connectivity index (χ1) is 9.29. The van der Waals surface area contributed by atoms with E-state index in [2.05, 4.69) is 59.3 Å². The number of hydrogen-bond acceptors (Lipinski definition) is 3. The Morgan fingerprint density at radius 1 is 1.11 bits per heavy atom. The maximum Gasteiger partial charge on any atom is 0.0340 e. The highest BCUT2D eigenvalue weighted by Gasteiger charge is 2.19. The van der Waals surface area contributed by atoms with E-state index in [9.17, 15) is 0 Å². The minimum absolute atomic E-state index is 0.740. The Balaban J connectivity index is 1.63.